The van der Waals surface area contributed by atoms with E-state index in [0.717, 1.165) is 5.69 Å². The van der Waals surface area contributed by atoms with Crippen molar-refractivity contribution in [1.82, 2.24) is 14.6 Å². The van der Waals surface area contributed by atoms with Gasteiger partial charge in [0.2, 0.25) is 10.8 Å². The number of carbonyl (C=O) groups is 1. The molecule has 0 unspecified atom stereocenters. The van der Waals surface area contributed by atoms with Crippen molar-refractivity contribution in [1.29, 1.82) is 0 Å². The Morgan fingerprint density at radius 2 is 2.29 bits per heavy atom. The third kappa shape index (κ3) is 1.19. The minimum Gasteiger partial charge on any atom is -0.475 e. The molecule has 0 amide bonds. The minimum absolute atomic E-state index is 0.00931. The van der Waals surface area contributed by atoms with Crippen molar-refractivity contribution in [3.63, 3.8) is 0 Å². The molecule has 0 bridgehead atoms. The maximum atomic E-state index is 10.8. The highest BCUT2D eigenvalue weighted by molar-refractivity contribution is 7.15. The predicted molar refractivity (Wildman–Crippen MR) is 51.9 cm³/mol. The lowest BCUT2D eigenvalue weighted by Crippen LogP contribution is -2.06. The topological polar surface area (TPSA) is 67.5 Å². The van der Waals surface area contributed by atoms with Crippen LogP contribution in [0, 0.1) is 0 Å². The lowest BCUT2D eigenvalue weighted by Gasteiger charge is -2.02. The van der Waals surface area contributed by atoms with Gasteiger partial charge in [0.25, 0.3) is 0 Å². The van der Waals surface area contributed by atoms with E-state index >= 15 is 0 Å². The first kappa shape index (κ1) is 9.14. The van der Waals surface area contributed by atoms with Gasteiger partial charge in [-0.05, 0) is 5.92 Å². The van der Waals surface area contributed by atoms with Gasteiger partial charge in [-0.3, -0.25) is 4.40 Å². The maximum absolute atomic E-state index is 10.8. The molecule has 0 aliphatic rings. The van der Waals surface area contributed by atoms with Gasteiger partial charge >= 0.3 is 5.97 Å². The number of carboxylic acid groups (broad SMARTS) is 1. The maximum Gasteiger partial charge on any atom is 0.374 e. The molecule has 5 nitrogen and oxygen atoms in total. The van der Waals surface area contributed by atoms with Gasteiger partial charge in [0.05, 0.1) is 0 Å². The van der Waals surface area contributed by atoms with E-state index in [1.807, 2.05) is 19.2 Å². The van der Waals surface area contributed by atoms with Gasteiger partial charge in [0, 0.05) is 11.1 Å². The monoisotopic (exact) mass is 211 g/mol. The summed E-state index contributed by atoms with van der Waals surface area (Å²) in [6, 6.07) is 0. The van der Waals surface area contributed by atoms with Gasteiger partial charge in [-0.25, -0.2) is 4.79 Å². The van der Waals surface area contributed by atoms with Crippen LogP contribution < -0.4 is 0 Å². The average Bonchev–Trinajstić information content (AvgIpc) is 2.59. The minimum atomic E-state index is -1.04. The van der Waals surface area contributed by atoms with Crippen molar-refractivity contribution >= 4 is 22.3 Å². The molecular formula is C8H9N3O2S. The molecular weight excluding hydrogens is 202 g/mol. The van der Waals surface area contributed by atoms with E-state index in [1.54, 1.807) is 4.40 Å². The molecule has 14 heavy (non-hydrogen) atoms. The Bertz CT molecular complexity index is 486. The second-order valence-corrected chi connectivity index (χ2v) is 4.10. The summed E-state index contributed by atoms with van der Waals surface area (Å²) in [4.78, 5) is 11.5. The summed E-state index contributed by atoms with van der Waals surface area (Å²) in [6.45, 7) is 4.01. The van der Waals surface area contributed by atoms with Crippen molar-refractivity contribution in [2.45, 2.75) is 19.8 Å². The van der Waals surface area contributed by atoms with Crippen LogP contribution in [-0.2, 0) is 0 Å². The number of aromatic nitrogens is 3. The Kier molecular flexibility index (Phi) is 1.99. The van der Waals surface area contributed by atoms with Crippen LogP contribution in [0.5, 0.6) is 0 Å². The molecule has 0 radical (unpaired) electrons. The number of hydrogen-bond donors (Lipinski definition) is 1. The smallest absolute Gasteiger partial charge is 0.374 e. The molecule has 0 atom stereocenters. The lowest BCUT2D eigenvalue weighted by molar-refractivity contribution is 0.0682. The highest BCUT2D eigenvalue weighted by Gasteiger charge is 2.18. The molecule has 0 saturated carbocycles. The van der Waals surface area contributed by atoms with Gasteiger partial charge in [0.1, 0.15) is 0 Å². The summed E-state index contributed by atoms with van der Waals surface area (Å²) in [5.74, 6) is -0.791. The van der Waals surface area contributed by atoms with Crippen LogP contribution in [0.1, 0.15) is 36.1 Å². The largest absolute Gasteiger partial charge is 0.475 e. The highest BCUT2D eigenvalue weighted by Crippen LogP contribution is 2.22. The molecule has 1 N–H and O–H groups in total. The zero-order chi connectivity index (χ0) is 10.3. The third-order valence-electron chi connectivity index (χ3n) is 1.96. The molecule has 2 rings (SSSR count). The molecule has 0 aliphatic carbocycles. The Morgan fingerprint density at radius 3 is 2.86 bits per heavy atom. The number of nitrogens with zero attached hydrogens (tertiary/aromatic N) is 3. The van der Waals surface area contributed by atoms with E-state index in [-0.39, 0.29) is 11.7 Å². The molecule has 0 aliphatic heterocycles. The molecule has 2 aromatic heterocycles. The van der Waals surface area contributed by atoms with Crippen molar-refractivity contribution in [2.24, 2.45) is 0 Å². The normalized spacial score (nSPS) is 11.4. The summed E-state index contributed by atoms with van der Waals surface area (Å²) in [5.41, 5.74) is 0.937. The molecule has 0 aromatic carbocycles. The van der Waals surface area contributed by atoms with Gasteiger partial charge < -0.3 is 5.11 Å². The number of hydrogen-bond acceptors (Lipinski definition) is 4. The third-order valence-corrected chi connectivity index (χ3v) is 2.79. The number of rotatable bonds is 2. The van der Waals surface area contributed by atoms with Crippen LogP contribution in [0.25, 0.3) is 4.96 Å². The van der Waals surface area contributed by atoms with E-state index in [0.29, 0.717) is 4.96 Å². The second kappa shape index (κ2) is 3.06. The van der Waals surface area contributed by atoms with E-state index in [9.17, 15) is 4.79 Å². The number of carboxylic acids is 1. The second-order valence-electron chi connectivity index (χ2n) is 3.26. The summed E-state index contributed by atoms with van der Waals surface area (Å²) in [7, 11) is 0. The van der Waals surface area contributed by atoms with Crippen molar-refractivity contribution in [3.8, 4) is 0 Å². The molecule has 74 valence electrons. The van der Waals surface area contributed by atoms with Crippen LogP contribution in [0.2, 0.25) is 0 Å². The fourth-order valence-corrected chi connectivity index (χ4v) is 2.27. The van der Waals surface area contributed by atoms with Gasteiger partial charge in [0.15, 0.2) is 0 Å². The van der Waals surface area contributed by atoms with E-state index in [4.69, 9.17) is 5.11 Å². The Balaban J connectivity index is 2.74. The van der Waals surface area contributed by atoms with Crippen LogP contribution in [0.3, 0.4) is 0 Å². The fraction of sp³-hybridized carbons (Fsp3) is 0.375. The zero-order valence-corrected chi connectivity index (χ0v) is 8.58. The summed E-state index contributed by atoms with van der Waals surface area (Å²) < 4.78 is 1.59. The van der Waals surface area contributed by atoms with E-state index in [1.165, 1.54) is 11.3 Å². The predicted octanol–water partition coefficient (Wildman–Crippen LogP) is 1.61. The van der Waals surface area contributed by atoms with E-state index < -0.39 is 5.97 Å². The number of aromatic carboxylic acids is 1. The molecule has 2 heterocycles. The van der Waals surface area contributed by atoms with Crippen molar-refractivity contribution in [2.75, 3.05) is 0 Å². The van der Waals surface area contributed by atoms with Crippen molar-refractivity contribution < 1.29 is 9.90 Å². The molecule has 2 aromatic rings. The first-order valence-electron chi connectivity index (χ1n) is 4.17. The molecule has 6 heteroatoms. The van der Waals surface area contributed by atoms with E-state index in [2.05, 4.69) is 10.2 Å². The Labute approximate surface area is 84.0 Å². The zero-order valence-electron chi connectivity index (χ0n) is 7.76. The molecule has 0 spiro atoms. The number of thiazole rings is 1. The van der Waals surface area contributed by atoms with Crippen LogP contribution in [-0.4, -0.2) is 25.7 Å². The molecule has 0 fully saturated rings. The van der Waals surface area contributed by atoms with Gasteiger partial charge in [-0.15, -0.1) is 21.5 Å². The summed E-state index contributed by atoms with van der Waals surface area (Å²) in [6.07, 6.45) is 0. The van der Waals surface area contributed by atoms with Crippen LogP contribution in [0.4, 0.5) is 0 Å². The first-order chi connectivity index (χ1) is 6.61. The van der Waals surface area contributed by atoms with Gasteiger partial charge in [-0.2, -0.15) is 0 Å². The standard InChI is InChI=1S/C8H9N3O2S/c1-4(2)5-3-14-8-10-9-6(7(12)13)11(5)8/h3-4H,1-2H3,(H,12,13). The summed E-state index contributed by atoms with van der Waals surface area (Å²) >= 11 is 1.41. The fourth-order valence-electron chi connectivity index (χ4n) is 1.28. The Hall–Kier alpha value is -1.43. The molecule has 0 saturated heterocycles. The SMILES string of the molecule is CC(C)c1csc2nnc(C(=O)O)n12. The lowest BCUT2D eigenvalue weighted by atomic mass is 10.1. The quantitative estimate of drug-likeness (QED) is 0.819. The average molecular weight is 211 g/mol. The van der Waals surface area contributed by atoms with Crippen LogP contribution in [0.15, 0.2) is 5.38 Å². The van der Waals surface area contributed by atoms with Crippen molar-refractivity contribution in [3.05, 3.63) is 16.9 Å². The summed E-state index contributed by atoms with van der Waals surface area (Å²) in [5, 5.41) is 18.2. The highest BCUT2D eigenvalue weighted by atomic mass is 32.1. The Morgan fingerprint density at radius 1 is 1.57 bits per heavy atom. The van der Waals surface area contributed by atoms with Gasteiger partial charge in [-0.1, -0.05) is 13.8 Å². The number of fused-ring (bicyclic) bond motifs is 1. The van der Waals surface area contributed by atoms with Crippen LogP contribution >= 0.6 is 11.3 Å². The first-order valence-corrected chi connectivity index (χ1v) is 5.05.